The van der Waals surface area contributed by atoms with E-state index in [1.165, 1.54) is 18.2 Å². The van der Waals surface area contributed by atoms with Crippen molar-refractivity contribution in [2.45, 2.75) is 19.8 Å². The van der Waals surface area contributed by atoms with Crippen LogP contribution < -0.4 is 11.1 Å². The molecule has 5 N–H and O–H groups in total. The van der Waals surface area contributed by atoms with E-state index in [2.05, 4.69) is 15.5 Å². The third-order valence-electron chi connectivity index (χ3n) is 3.12. The Kier molecular flexibility index (Phi) is 4.24. The molecule has 0 radical (unpaired) electrons. The van der Waals surface area contributed by atoms with Crippen LogP contribution in [0.4, 0.5) is 5.69 Å². The van der Waals surface area contributed by atoms with E-state index >= 15 is 0 Å². The van der Waals surface area contributed by atoms with Crippen molar-refractivity contribution in [2.75, 3.05) is 12.3 Å². The molecule has 1 aromatic carbocycles. The number of phenolic OH excluding ortho intramolecular Hbond substituents is 1. The van der Waals surface area contributed by atoms with Crippen molar-refractivity contribution >= 4 is 11.6 Å². The van der Waals surface area contributed by atoms with E-state index in [-0.39, 0.29) is 11.7 Å². The van der Waals surface area contributed by atoms with Crippen molar-refractivity contribution in [3.63, 3.8) is 0 Å². The van der Waals surface area contributed by atoms with E-state index in [0.29, 0.717) is 17.8 Å². The van der Waals surface area contributed by atoms with Gasteiger partial charge in [0, 0.05) is 17.9 Å². The Labute approximate surface area is 117 Å². The van der Waals surface area contributed by atoms with Gasteiger partial charge in [0.05, 0.1) is 11.8 Å². The van der Waals surface area contributed by atoms with Crippen molar-refractivity contribution < 1.29 is 9.90 Å². The first-order chi connectivity index (χ1) is 9.58. The summed E-state index contributed by atoms with van der Waals surface area (Å²) in [6.07, 6.45) is 3.45. The molecule has 1 heterocycles. The molecular formula is C14H18N4O2. The van der Waals surface area contributed by atoms with Gasteiger partial charge in [-0.25, -0.2) is 0 Å². The summed E-state index contributed by atoms with van der Waals surface area (Å²) in [4.78, 5) is 11.9. The zero-order valence-electron chi connectivity index (χ0n) is 11.3. The van der Waals surface area contributed by atoms with Gasteiger partial charge in [-0.05, 0) is 43.5 Å². The molecule has 0 fully saturated rings. The van der Waals surface area contributed by atoms with Crippen LogP contribution in [0.1, 0.15) is 28.0 Å². The minimum Gasteiger partial charge on any atom is -0.508 e. The van der Waals surface area contributed by atoms with Crippen LogP contribution in [0.2, 0.25) is 0 Å². The number of aryl methyl sites for hydroxylation is 2. The monoisotopic (exact) mass is 274 g/mol. The van der Waals surface area contributed by atoms with Gasteiger partial charge < -0.3 is 16.2 Å². The molecule has 2 aromatic rings. The van der Waals surface area contributed by atoms with Crippen molar-refractivity contribution in [2.24, 2.45) is 0 Å². The zero-order chi connectivity index (χ0) is 14.5. The molecule has 0 atom stereocenters. The second-order valence-electron chi connectivity index (χ2n) is 4.65. The quantitative estimate of drug-likeness (QED) is 0.375. The SMILES string of the molecule is Cc1[nH]ncc1CCCNC(=O)c1cc(O)ccc1N. The van der Waals surface area contributed by atoms with E-state index in [4.69, 9.17) is 5.73 Å². The number of amides is 1. The molecule has 0 aliphatic rings. The number of hydrogen-bond acceptors (Lipinski definition) is 4. The highest BCUT2D eigenvalue weighted by Crippen LogP contribution is 2.18. The number of H-pyrrole nitrogens is 1. The van der Waals surface area contributed by atoms with Gasteiger partial charge in [-0.1, -0.05) is 0 Å². The normalized spacial score (nSPS) is 10.4. The van der Waals surface area contributed by atoms with Gasteiger partial charge in [0.1, 0.15) is 5.75 Å². The lowest BCUT2D eigenvalue weighted by molar-refractivity contribution is 0.0953. The number of carbonyl (C=O) groups excluding carboxylic acids is 1. The Balaban J connectivity index is 1.83. The number of aromatic amines is 1. The molecule has 20 heavy (non-hydrogen) atoms. The van der Waals surface area contributed by atoms with Gasteiger partial charge in [-0.2, -0.15) is 5.10 Å². The molecule has 2 rings (SSSR count). The number of hydrogen-bond donors (Lipinski definition) is 4. The Bertz CT molecular complexity index is 607. The molecule has 0 spiro atoms. The van der Waals surface area contributed by atoms with Gasteiger partial charge in [0.25, 0.3) is 5.91 Å². The average Bonchev–Trinajstić information content (AvgIpc) is 2.83. The number of aromatic nitrogens is 2. The number of phenols is 1. The number of carbonyl (C=O) groups is 1. The fraction of sp³-hybridized carbons (Fsp3) is 0.286. The third-order valence-corrected chi connectivity index (χ3v) is 3.12. The highest BCUT2D eigenvalue weighted by molar-refractivity contribution is 5.99. The maximum atomic E-state index is 11.9. The molecule has 0 unspecified atom stereocenters. The highest BCUT2D eigenvalue weighted by Gasteiger charge is 2.10. The van der Waals surface area contributed by atoms with Crippen LogP contribution in [0.5, 0.6) is 5.75 Å². The minimum atomic E-state index is -0.276. The predicted octanol–water partition coefficient (Wildman–Crippen LogP) is 1.37. The number of aromatic hydroxyl groups is 1. The van der Waals surface area contributed by atoms with Crippen LogP contribution in [0.15, 0.2) is 24.4 Å². The van der Waals surface area contributed by atoms with E-state index in [1.54, 1.807) is 6.20 Å². The zero-order valence-corrected chi connectivity index (χ0v) is 11.3. The summed E-state index contributed by atoms with van der Waals surface area (Å²) in [5, 5.41) is 19.0. The molecule has 6 nitrogen and oxygen atoms in total. The van der Waals surface area contributed by atoms with Crippen molar-refractivity contribution in [3.8, 4) is 5.75 Å². The summed E-state index contributed by atoms with van der Waals surface area (Å²) >= 11 is 0. The molecule has 1 amide bonds. The summed E-state index contributed by atoms with van der Waals surface area (Å²) in [7, 11) is 0. The number of nitrogens with two attached hydrogens (primary N) is 1. The fourth-order valence-corrected chi connectivity index (χ4v) is 1.94. The van der Waals surface area contributed by atoms with E-state index in [0.717, 1.165) is 24.1 Å². The lowest BCUT2D eigenvalue weighted by Crippen LogP contribution is -2.25. The summed E-state index contributed by atoms with van der Waals surface area (Å²) in [5.41, 5.74) is 8.55. The largest absolute Gasteiger partial charge is 0.508 e. The fourth-order valence-electron chi connectivity index (χ4n) is 1.94. The number of benzene rings is 1. The lowest BCUT2D eigenvalue weighted by Gasteiger charge is -2.07. The van der Waals surface area contributed by atoms with Crippen LogP contribution in [-0.4, -0.2) is 27.8 Å². The van der Waals surface area contributed by atoms with E-state index in [9.17, 15) is 9.90 Å². The maximum Gasteiger partial charge on any atom is 0.253 e. The number of nitrogens with one attached hydrogen (secondary N) is 2. The number of nitrogen functional groups attached to an aromatic ring is 1. The van der Waals surface area contributed by atoms with Gasteiger partial charge >= 0.3 is 0 Å². The van der Waals surface area contributed by atoms with Gasteiger partial charge in [0.15, 0.2) is 0 Å². The van der Waals surface area contributed by atoms with E-state index < -0.39 is 0 Å². The van der Waals surface area contributed by atoms with Gasteiger partial charge in [-0.3, -0.25) is 9.89 Å². The second-order valence-corrected chi connectivity index (χ2v) is 4.65. The highest BCUT2D eigenvalue weighted by atomic mass is 16.3. The number of rotatable bonds is 5. The Hall–Kier alpha value is -2.50. The van der Waals surface area contributed by atoms with Crippen molar-refractivity contribution in [3.05, 3.63) is 41.2 Å². The predicted molar refractivity (Wildman–Crippen MR) is 76.5 cm³/mol. The smallest absolute Gasteiger partial charge is 0.253 e. The average molecular weight is 274 g/mol. The standard InChI is InChI=1S/C14H18N4O2/c1-9-10(8-17-18-9)3-2-6-16-14(20)12-7-11(19)4-5-13(12)15/h4-5,7-8,19H,2-3,6,15H2,1H3,(H,16,20)(H,17,18). The summed E-state index contributed by atoms with van der Waals surface area (Å²) in [5.74, 6) is -0.249. The molecule has 0 saturated carbocycles. The number of nitrogens with zero attached hydrogens (tertiary/aromatic N) is 1. The Morgan fingerprint density at radius 3 is 3.00 bits per heavy atom. The second kappa shape index (κ2) is 6.10. The first-order valence-corrected chi connectivity index (χ1v) is 6.43. The lowest BCUT2D eigenvalue weighted by atomic mass is 10.1. The molecule has 0 saturated heterocycles. The minimum absolute atomic E-state index is 0.0263. The van der Waals surface area contributed by atoms with Crippen LogP contribution in [0.3, 0.4) is 0 Å². The van der Waals surface area contributed by atoms with Crippen LogP contribution in [-0.2, 0) is 6.42 Å². The maximum absolute atomic E-state index is 11.9. The van der Waals surface area contributed by atoms with Crippen LogP contribution in [0.25, 0.3) is 0 Å². The molecule has 0 aliphatic carbocycles. The molecule has 6 heteroatoms. The molecule has 0 bridgehead atoms. The van der Waals surface area contributed by atoms with E-state index in [1.807, 2.05) is 6.92 Å². The summed E-state index contributed by atoms with van der Waals surface area (Å²) in [6, 6.07) is 4.33. The molecule has 1 aromatic heterocycles. The first kappa shape index (κ1) is 13.9. The molecular weight excluding hydrogens is 256 g/mol. The Morgan fingerprint density at radius 2 is 2.30 bits per heavy atom. The van der Waals surface area contributed by atoms with Gasteiger partial charge in [0.2, 0.25) is 0 Å². The topological polar surface area (TPSA) is 104 Å². The third kappa shape index (κ3) is 3.28. The number of anilines is 1. The Morgan fingerprint density at radius 1 is 1.50 bits per heavy atom. The molecule has 0 aliphatic heterocycles. The molecule has 106 valence electrons. The van der Waals surface area contributed by atoms with Crippen molar-refractivity contribution in [1.82, 2.24) is 15.5 Å². The van der Waals surface area contributed by atoms with Gasteiger partial charge in [-0.15, -0.1) is 0 Å². The van der Waals surface area contributed by atoms with Crippen LogP contribution >= 0.6 is 0 Å². The summed E-state index contributed by atoms with van der Waals surface area (Å²) in [6.45, 7) is 2.51. The van der Waals surface area contributed by atoms with Crippen LogP contribution in [0, 0.1) is 6.92 Å². The van der Waals surface area contributed by atoms with Crippen molar-refractivity contribution in [1.29, 1.82) is 0 Å². The first-order valence-electron chi connectivity index (χ1n) is 6.43. The summed E-state index contributed by atoms with van der Waals surface area (Å²) < 4.78 is 0.